The lowest BCUT2D eigenvalue weighted by atomic mass is 10.1. The Morgan fingerprint density at radius 2 is 1.78 bits per heavy atom. The van der Waals surface area contributed by atoms with Crippen LogP contribution >= 0.6 is 11.6 Å². The number of carbonyl (C=O) groups is 2. The molecule has 1 atom stereocenters. The van der Waals surface area contributed by atoms with E-state index in [-0.39, 0.29) is 17.1 Å². The molecule has 0 unspecified atom stereocenters. The number of benzene rings is 2. The molecule has 2 rings (SSSR count). The fourth-order valence-corrected chi connectivity index (χ4v) is 2.06. The maximum atomic E-state index is 12.2. The highest BCUT2D eigenvalue weighted by Gasteiger charge is 2.22. The van der Waals surface area contributed by atoms with Crippen LogP contribution in [0.4, 0.5) is 0 Å². The second kappa shape index (κ2) is 7.15. The minimum absolute atomic E-state index is 0.0402. The van der Waals surface area contributed by atoms with Crippen LogP contribution in [-0.2, 0) is 4.74 Å². The molecule has 0 amide bonds. The second-order valence-corrected chi connectivity index (χ2v) is 5.24. The predicted octanol–water partition coefficient (Wildman–Crippen LogP) is 3.48. The van der Waals surface area contributed by atoms with Gasteiger partial charge in [0.1, 0.15) is 17.1 Å². The van der Waals surface area contributed by atoms with Crippen molar-refractivity contribution in [2.45, 2.75) is 13.0 Å². The van der Waals surface area contributed by atoms with E-state index >= 15 is 0 Å². The van der Waals surface area contributed by atoms with Crippen molar-refractivity contribution in [3.63, 3.8) is 0 Å². The number of halogens is 1. The quantitative estimate of drug-likeness (QED) is 0.669. The highest BCUT2D eigenvalue weighted by Crippen LogP contribution is 2.24. The summed E-state index contributed by atoms with van der Waals surface area (Å²) in [5.41, 5.74) is 0.343. The Kier molecular flexibility index (Phi) is 5.24. The third-order valence-corrected chi connectivity index (χ3v) is 3.46. The molecule has 0 saturated carbocycles. The number of esters is 1. The summed E-state index contributed by atoms with van der Waals surface area (Å²) in [6.07, 6.45) is -0.995. The van der Waals surface area contributed by atoms with Crippen molar-refractivity contribution in [2.75, 3.05) is 7.11 Å². The van der Waals surface area contributed by atoms with Crippen LogP contribution in [0.5, 0.6) is 11.5 Å². The lowest BCUT2D eigenvalue weighted by molar-refractivity contribution is 0.0316. The highest BCUT2D eigenvalue weighted by molar-refractivity contribution is 6.30. The van der Waals surface area contributed by atoms with Gasteiger partial charge < -0.3 is 14.6 Å². The van der Waals surface area contributed by atoms with E-state index in [1.54, 1.807) is 24.3 Å². The van der Waals surface area contributed by atoms with E-state index in [1.165, 1.54) is 32.2 Å². The number of carbonyl (C=O) groups excluding carboxylic acids is 2. The van der Waals surface area contributed by atoms with Crippen molar-refractivity contribution < 1.29 is 24.2 Å². The summed E-state index contributed by atoms with van der Waals surface area (Å²) in [7, 11) is 1.44. The number of phenols is 1. The molecule has 120 valence electrons. The van der Waals surface area contributed by atoms with Gasteiger partial charge in [0.2, 0.25) is 5.78 Å². The van der Waals surface area contributed by atoms with Gasteiger partial charge in [-0.05, 0) is 43.3 Å². The molecule has 1 N–H and O–H groups in total. The van der Waals surface area contributed by atoms with Crippen molar-refractivity contribution in [2.24, 2.45) is 0 Å². The first kappa shape index (κ1) is 16.8. The maximum absolute atomic E-state index is 12.2. The zero-order chi connectivity index (χ0) is 17.0. The number of Topliss-reactive ketones (excluding diaryl/α,β-unsaturated/α-hetero) is 1. The summed E-state index contributed by atoms with van der Waals surface area (Å²) in [5.74, 6) is -1.02. The van der Waals surface area contributed by atoms with Crippen molar-refractivity contribution in [1.82, 2.24) is 0 Å². The lowest BCUT2D eigenvalue weighted by Gasteiger charge is -2.13. The minimum atomic E-state index is -0.995. The fraction of sp³-hybridized carbons (Fsp3) is 0.176. The van der Waals surface area contributed by atoms with Gasteiger partial charge in [-0.2, -0.15) is 0 Å². The first-order valence-electron chi connectivity index (χ1n) is 6.80. The topological polar surface area (TPSA) is 72.8 Å². The van der Waals surface area contributed by atoms with Gasteiger partial charge in [0.15, 0.2) is 6.10 Å². The second-order valence-electron chi connectivity index (χ2n) is 4.80. The van der Waals surface area contributed by atoms with E-state index in [0.29, 0.717) is 16.3 Å². The Bertz CT molecular complexity index is 724. The van der Waals surface area contributed by atoms with Gasteiger partial charge >= 0.3 is 5.97 Å². The van der Waals surface area contributed by atoms with Crippen molar-refractivity contribution in [3.05, 3.63) is 58.6 Å². The summed E-state index contributed by atoms with van der Waals surface area (Å²) in [6.45, 7) is 1.47. The van der Waals surface area contributed by atoms with Crippen LogP contribution in [0.25, 0.3) is 0 Å². The maximum Gasteiger partial charge on any atom is 0.342 e. The van der Waals surface area contributed by atoms with Gasteiger partial charge in [-0.15, -0.1) is 0 Å². The number of phenolic OH excluding ortho intramolecular Hbond substituents is 1. The molecule has 2 aromatic carbocycles. The average molecular weight is 335 g/mol. The SMILES string of the molecule is COc1ccc(C(=O)O[C@H](C)C(=O)c2ccc(Cl)cc2)c(O)c1. The van der Waals surface area contributed by atoms with Crippen LogP contribution in [0, 0.1) is 0 Å². The Hall–Kier alpha value is -2.53. The highest BCUT2D eigenvalue weighted by atomic mass is 35.5. The molecule has 5 nitrogen and oxygen atoms in total. The molecule has 0 aromatic heterocycles. The molecule has 0 heterocycles. The molecular weight excluding hydrogens is 320 g/mol. The van der Waals surface area contributed by atoms with E-state index in [4.69, 9.17) is 21.1 Å². The summed E-state index contributed by atoms with van der Waals surface area (Å²) < 4.78 is 10.1. The zero-order valence-corrected chi connectivity index (χ0v) is 13.3. The first-order valence-corrected chi connectivity index (χ1v) is 7.18. The first-order chi connectivity index (χ1) is 10.9. The van der Waals surface area contributed by atoms with Gasteiger partial charge in [-0.25, -0.2) is 4.79 Å². The Labute approximate surface area is 138 Å². The van der Waals surface area contributed by atoms with E-state index < -0.39 is 12.1 Å². The molecule has 0 bridgehead atoms. The van der Waals surface area contributed by atoms with Crippen LogP contribution in [-0.4, -0.2) is 30.1 Å². The summed E-state index contributed by atoms with van der Waals surface area (Å²) >= 11 is 5.77. The molecule has 0 radical (unpaired) electrons. The zero-order valence-electron chi connectivity index (χ0n) is 12.6. The minimum Gasteiger partial charge on any atom is -0.507 e. The summed E-state index contributed by atoms with van der Waals surface area (Å²) in [4.78, 5) is 24.3. The predicted molar refractivity (Wildman–Crippen MR) is 85.3 cm³/mol. The number of hydrogen-bond acceptors (Lipinski definition) is 5. The largest absolute Gasteiger partial charge is 0.507 e. The molecule has 0 aliphatic rings. The molecule has 0 saturated heterocycles. The van der Waals surface area contributed by atoms with Crippen LogP contribution in [0.1, 0.15) is 27.6 Å². The Morgan fingerprint density at radius 3 is 2.35 bits per heavy atom. The van der Waals surface area contributed by atoms with Gasteiger partial charge in [0, 0.05) is 16.7 Å². The van der Waals surface area contributed by atoms with E-state index in [1.807, 2.05) is 0 Å². The van der Waals surface area contributed by atoms with Gasteiger partial charge in [0.25, 0.3) is 0 Å². The van der Waals surface area contributed by atoms with E-state index in [2.05, 4.69) is 0 Å². The van der Waals surface area contributed by atoms with E-state index in [9.17, 15) is 14.7 Å². The third-order valence-electron chi connectivity index (χ3n) is 3.21. The number of aromatic hydroxyl groups is 1. The summed E-state index contributed by atoms with van der Waals surface area (Å²) in [5, 5.41) is 10.3. The number of ketones is 1. The molecule has 23 heavy (non-hydrogen) atoms. The Morgan fingerprint density at radius 1 is 1.13 bits per heavy atom. The van der Waals surface area contributed by atoms with E-state index in [0.717, 1.165) is 0 Å². The average Bonchev–Trinajstić information content (AvgIpc) is 2.54. The van der Waals surface area contributed by atoms with Crippen LogP contribution in [0.3, 0.4) is 0 Å². The normalized spacial score (nSPS) is 11.6. The molecule has 0 spiro atoms. The molecule has 2 aromatic rings. The molecule has 0 aliphatic carbocycles. The van der Waals surface area contributed by atoms with Crippen molar-refractivity contribution in [3.8, 4) is 11.5 Å². The number of hydrogen-bond donors (Lipinski definition) is 1. The van der Waals surface area contributed by atoms with Crippen LogP contribution < -0.4 is 4.74 Å². The number of ether oxygens (including phenoxy) is 2. The van der Waals surface area contributed by atoms with Gasteiger partial charge in [-0.1, -0.05) is 11.6 Å². The van der Waals surface area contributed by atoms with Crippen molar-refractivity contribution in [1.29, 1.82) is 0 Å². The van der Waals surface area contributed by atoms with Gasteiger partial charge in [-0.3, -0.25) is 4.79 Å². The number of rotatable bonds is 5. The van der Waals surface area contributed by atoms with Gasteiger partial charge in [0.05, 0.1) is 7.11 Å². The molecule has 6 heteroatoms. The summed E-state index contributed by atoms with van der Waals surface area (Å²) in [6, 6.07) is 10.5. The van der Waals surface area contributed by atoms with Crippen molar-refractivity contribution >= 4 is 23.4 Å². The monoisotopic (exact) mass is 334 g/mol. The smallest absolute Gasteiger partial charge is 0.342 e. The Balaban J connectivity index is 2.10. The molecular formula is C17H15ClO5. The molecule has 0 fully saturated rings. The fourth-order valence-electron chi connectivity index (χ4n) is 1.94. The molecule has 0 aliphatic heterocycles. The van der Waals surface area contributed by atoms with Crippen LogP contribution in [0.2, 0.25) is 5.02 Å². The van der Waals surface area contributed by atoms with Crippen LogP contribution in [0.15, 0.2) is 42.5 Å². The lowest BCUT2D eigenvalue weighted by Crippen LogP contribution is -2.24. The third kappa shape index (κ3) is 4.02. The standard InChI is InChI=1S/C17H15ClO5/c1-10(16(20)11-3-5-12(18)6-4-11)23-17(21)14-8-7-13(22-2)9-15(14)19/h3-10,19H,1-2H3/t10-/m1/s1. The number of methoxy groups -OCH3 is 1.